The van der Waals surface area contributed by atoms with E-state index in [2.05, 4.69) is 52.2 Å². The molecular weight excluding hydrogens is 674 g/mol. The molecule has 3 rings (SSSR count). The zero-order chi connectivity index (χ0) is 39.8. The molecule has 3 aromatic rings. The molecular formula is C39H57N9O5. The summed E-state index contributed by atoms with van der Waals surface area (Å²) in [4.78, 5) is 66.4. The number of carbonyl (C=O) groups excluding carboxylic acids is 5. The minimum Gasteiger partial charge on any atom is -0.390 e. The van der Waals surface area contributed by atoms with Crippen molar-refractivity contribution in [1.82, 2.24) is 21.3 Å². The number of nitrogens with zero attached hydrogens (tertiary/aromatic N) is 1. The van der Waals surface area contributed by atoms with Crippen LogP contribution < -0.4 is 44.2 Å². The number of rotatable bonds is 16. The van der Waals surface area contributed by atoms with Crippen molar-refractivity contribution in [1.29, 1.82) is 0 Å². The zero-order valence-corrected chi connectivity index (χ0v) is 31.4. The molecule has 0 aliphatic carbocycles. The van der Waals surface area contributed by atoms with Crippen LogP contribution in [0.3, 0.4) is 0 Å². The Labute approximate surface area is 312 Å². The van der Waals surface area contributed by atoms with E-state index in [0.29, 0.717) is 0 Å². The van der Waals surface area contributed by atoms with Gasteiger partial charge in [0.1, 0.15) is 18.1 Å². The topological polar surface area (TPSA) is 250 Å². The van der Waals surface area contributed by atoms with Gasteiger partial charge in [-0.3, -0.25) is 24.0 Å². The molecule has 0 aromatic heterocycles. The van der Waals surface area contributed by atoms with Crippen molar-refractivity contribution < 1.29 is 24.0 Å². The molecule has 0 bridgehead atoms. The number of amides is 5. The number of aliphatic imine (C=N–C) groups is 1. The first-order valence-corrected chi connectivity index (χ1v) is 17.5. The van der Waals surface area contributed by atoms with E-state index in [4.69, 9.17) is 22.9 Å². The van der Waals surface area contributed by atoms with Crippen molar-refractivity contribution in [2.24, 2.45) is 27.9 Å². The normalized spacial score (nSPS) is 12.7. The molecule has 14 nitrogen and oxygen atoms in total. The quantitative estimate of drug-likeness (QED) is 0.0795. The van der Waals surface area contributed by atoms with Crippen LogP contribution in [-0.4, -0.2) is 72.6 Å². The Morgan fingerprint density at radius 2 is 1.47 bits per heavy atom. The smallest absolute Gasteiger partial charge is 0.243 e. The van der Waals surface area contributed by atoms with Crippen LogP contribution in [0.2, 0.25) is 0 Å². The first-order chi connectivity index (χ1) is 25.1. The minimum atomic E-state index is -1.27. The van der Waals surface area contributed by atoms with Gasteiger partial charge in [0.05, 0.1) is 18.4 Å². The van der Waals surface area contributed by atoms with Gasteiger partial charge in [-0.05, 0) is 63.4 Å². The number of benzene rings is 3. The Morgan fingerprint density at radius 1 is 0.849 bits per heavy atom. The van der Waals surface area contributed by atoms with Crippen LogP contribution in [0.5, 0.6) is 0 Å². The van der Waals surface area contributed by atoms with Gasteiger partial charge >= 0.3 is 0 Å². The lowest BCUT2D eigenvalue weighted by Crippen LogP contribution is -2.59. The summed E-state index contributed by atoms with van der Waals surface area (Å²) in [5.74, 6) is -3.26. The van der Waals surface area contributed by atoms with Crippen LogP contribution in [0.15, 0.2) is 90.1 Å². The van der Waals surface area contributed by atoms with Crippen LogP contribution >= 0.6 is 0 Å². The number of nitrogens with one attached hydrogen (secondary N) is 4. The first kappa shape index (κ1) is 45.4. The number of unbranched alkanes of at least 4 members (excludes halogenated alkanes) is 1. The van der Waals surface area contributed by atoms with Crippen molar-refractivity contribution in [2.45, 2.75) is 84.0 Å². The number of primary amides is 1. The van der Waals surface area contributed by atoms with Crippen molar-refractivity contribution in [3.05, 3.63) is 96.2 Å². The van der Waals surface area contributed by atoms with E-state index in [-0.39, 0.29) is 12.8 Å². The molecule has 3 aromatic carbocycles. The van der Waals surface area contributed by atoms with E-state index in [0.717, 1.165) is 29.2 Å². The first-order valence-electron chi connectivity index (χ1n) is 17.5. The summed E-state index contributed by atoms with van der Waals surface area (Å²) in [6, 6.07) is 20.3. The third kappa shape index (κ3) is 19.0. The fourth-order valence-electron chi connectivity index (χ4n) is 4.41. The van der Waals surface area contributed by atoms with E-state index in [1.165, 1.54) is 51.5 Å². The maximum Gasteiger partial charge on any atom is 0.243 e. The summed E-state index contributed by atoms with van der Waals surface area (Å²) < 4.78 is 0. The monoisotopic (exact) mass is 731 g/mol. The second-order valence-corrected chi connectivity index (χ2v) is 12.8. The van der Waals surface area contributed by atoms with E-state index in [1.807, 2.05) is 60.7 Å². The summed E-state index contributed by atoms with van der Waals surface area (Å²) in [7, 11) is 0. The summed E-state index contributed by atoms with van der Waals surface area (Å²) in [5, 5.41) is 12.1. The Morgan fingerprint density at radius 3 is 2.00 bits per heavy atom. The van der Waals surface area contributed by atoms with Crippen LogP contribution in [0.25, 0.3) is 10.8 Å². The number of hydrogen-bond acceptors (Lipinski definition) is 8. The Hall–Kier alpha value is -5.60. The molecule has 0 unspecified atom stereocenters. The molecule has 0 saturated carbocycles. The Kier molecular flexibility index (Phi) is 21.0. The lowest BCUT2D eigenvalue weighted by atomic mass is 10.00. The van der Waals surface area contributed by atoms with Crippen molar-refractivity contribution in [3.8, 4) is 0 Å². The lowest BCUT2D eigenvalue weighted by molar-refractivity contribution is -0.134. The summed E-state index contributed by atoms with van der Waals surface area (Å²) in [6.07, 6.45) is 6.45. The number of carbonyl (C=O) groups is 5. The Bertz CT molecular complexity index is 1650. The van der Waals surface area contributed by atoms with E-state index < -0.39 is 59.7 Å². The molecule has 0 heterocycles. The number of nitrogens with two attached hydrogens (primary N) is 4. The third-order valence-electron chi connectivity index (χ3n) is 7.43. The average molecular weight is 732 g/mol. The predicted molar refractivity (Wildman–Crippen MR) is 211 cm³/mol. The molecule has 288 valence electrons. The van der Waals surface area contributed by atoms with Crippen LogP contribution in [-0.2, 0) is 30.4 Å². The molecule has 14 heteroatoms. The number of fused-ring (bicyclic) bond motifs is 1. The SMILES string of the molecule is CCCCN.C[C@@H](NC(=O)[C@@H](Cc1ccc2ccccc2c1)NC(=O)[C@H](C/C=C/N=CN)NC(=O)C(C)(C)N)C(=O)NCC(N)=O.Cc1ccccc1. The van der Waals surface area contributed by atoms with Gasteiger partial charge < -0.3 is 44.2 Å². The summed E-state index contributed by atoms with van der Waals surface area (Å²) >= 11 is 0. The predicted octanol–water partition coefficient (Wildman–Crippen LogP) is 1.83. The maximum atomic E-state index is 13.4. The highest BCUT2D eigenvalue weighted by Gasteiger charge is 2.31. The second kappa shape index (κ2) is 24.6. The summed E-state index contributed by atoms with van der Waals surface area (Å²) in [5.41, 5.74) is 22.1. The fourth-order valence-corrected chi connectivity index (χ4v) is 4.41. The molecule has 0 fully saturated rings. The highest BCUT2D eigenvalue weighted by Crippen LogP contribution is 2.17. The molecule has 0 radical (unpaired) electrons. The van der Waals surface area contributed by atoms with Crippen LogP contribution in [0.1, 0.15) is 58.1 Å². The van der Waals surface area contributed by atoms with Gasteiger partial charge in [0.25, 0.3) is 0 Å². The molecule has 53 heavy (non-hydrogen) atoms. The van der Waals surface area contributed by atoms with Crippen molar-refractivity contribution in [3.63, 3.8) is 0 Å². The largest absolute Gasteiger partial charge is 0.390 e. The van der Waals surface area contributed by atoms with Crippen LogP contribution in [0.4, 0.5) is 0 Å². The minimum absolute atomic E-state index is 0.0290. The van der Waals surface area contributed by atoms with Gasteiger partial charge in [0.15, 0.2) is 0 Å². The van der Waals surface area contributed by atoms with Gasteiger partial charge in [0.2, 0.25) is 29.5 Å². The van der Waals surface area contributed by atoms with Gasteiger partial charge in [0, 0.05) is 12.6 Å². The second-order valence-electron chi connectivity index (χ2n) is 12.8. The molecule has 0 spiro atoms. The standard InChI is InChI=1S/C28H38N8O5.C7H8.C4H11N/c1-17(24(38)33-15-23(30)37)34-26(40)22(14-18-10-11-19-7-4-5-8-20(19)13-18)35-25(39)21(9-6-12-32-16-29)36-27(41)28(2,3)31;1-7-5-3-2-4-6-7;1-2-3-4-5/h4-8,10-13,16-17,21-22H,9,14-15,31H2,1-3H3,(H2,29,32)(H2,30,37)(H,33,38)(H,34,40)(H,35,39)(H,36,41);2-6H,1H3;2-5H2,1H3/b12-6+;;/t17-,21+,22-;;/m1../s1. The molecule has 3 atom stereocenters. The molecule has 5 amide bonds. The van der Waals surface area contributed by atoms with Gasteiger partial charge in [-0.2, -0.15) is 0 Å². The zero-order valence-electron chi connectivity index (χ0n) is 31.4. The third-order valence-corrected chi connectivity index (χ3v) is 7.43. The van der Waals surface area contributed by atoms with E-state index in [9.17, 15) is 24.0 Å². The maximum absolute atomic E-state index is 13.4. The molecule has 0 aliphatic rings. The molecule has 12 N–H and O–H groups in total. The fraction of sp³-hybridized carbons (Fsp3) is 0.385. The molecule has 0 aliphatic heterocycles. The van der Waals surface area contributed by atoms with E-state index >= 15 is 0 Å². The molecule has 0 saturated heterocycles. The number of hydrogen-bond donors (Lipinski definition) is 8. The highest BCUT2D eigenvalue weighted by atomic mass is 16.2. The average Bonchev–Trinajstić information content (AvgIpc) is 3.12. The number of aryl methyl sites for hydroxylation is 1. The Balaban J connectivity index is 0.000000990. The lowest BCUT2D eigenvalue weighted by Gasteiger charge is -2.26. The van der Waals surface area contributed by atoms with Gasteiger partial charge in [-0.15, -0.1) is 0 Å². The van der Waals surface area contributed by atoms with Gasteiger partial charge in [-0.1, -0.05) is 97.8 Å². The van der Waals surface area contributed by atoms with Crippen molar-refractivity contribution >= 4 is 46.6 Å². The summed E-state index contributed by atoms with van der Waals surface area (Å²) in [6.45, 7) is 9.08. The van der Waals surface area contributed by atoms with Crippen LogP contribution in [0, 0.1) is 6.92 Å². The van der Waals surface area contributed by atoms with Crippen molar-refractivity contribution in [2.75, 3.05) is 13.1 Å². The van der Waals surface area contributed by atoms with E-state index in [1.54, 1.807) is 0 Å². The highest BCUT2D eigenvalue weighted by molar-refractivity contribution is 5.96. The van der Waals surface area contributed by atoms with Gasteiger partial charge in [-0.25, -0.2) is 4.99 Å².